The van der Waals surface area contributed by atoms with Gasteiger partial charge in [-0.2, -0.15) is 0 Å². The molecular weight excluding hydrogens is 376 g/mol. The predicted octanol–water partition coefficient (Wildman–Crippen LogP) is 3.71. The van der Waals surface area contributed by atoms with E-state index in [0.717, 1.165) is 23.1 Å². The maximum absolute atomic E-state index is 12.9. The fraction of sp³-hybridized carbons (Fsp3) is 0.381. The molecule has 1 aliphatic heterocycles. The van der Waals surface area contributed by atoms with E-state index in [0.29, 0.717) is 23.2 Å². The Balaban J connectivity index is 1.84. The number of benzene rings is 2. The van der Waals surface area contributed by atoms with E-state index in [4.69, 9.17) is 4.74 Å². The molecule has 6 nitrogen and oxygen atoms in total. The number of sulfonamides is 1. The zero-order valence-electron chi connectivity index (χ0n) is 16.8. The van der Waals surface area contributed by atoms with Crippen LogP contribution in [0.25, 0.3) is 0 Å². The molecule has 0 aliphatic carbocycles. The van der Waals surface area contributed by atoms with Gasteiger partial charge in [-0.25, -0.2) is 8.42 Å². The first kappa shape index (κ1) is 20.2. The van der Waals surface area contributed by atoms with Gasteiger partial charge in [-0.3, -0.25) is 9.52 Å². The first-order valence-electron chi connectivity index (χ1n) is 9.12. The Hall–Kier alpha value is -2.54. The first-order valence-corrected chi connectivity index (χ1v) is 11.0. The van der Waals surface area contributed by atoms with Crippen LogP contribution in [0.2, 0.25) is 0 Å². The first-order chi connectivity index (χ1) is 12.9. The second-order valence-electron chi connectivity index (χ2n) is 8.04. The number of fused-ring (bicyclic) bond motifs is 1. The van der Waals surface area contributed by atoms with Crippen LogP contribution in [0.4, 0.5) is 5.69 Å². The van der Waals surface area contributed by atoms with E-state index in [-0.39, 0.29) is 11.9 Å². The molecular formula is C21H26N2O4S. The second-order valence-corrected chi connectivity index (χ2v) is 9.79. The maximum Gasteiger partial charge on any atom is 0.251 e. The van der Waals surface area contributed by atoms with Gasteiger partial charge in [-0.15, -0.1) is 0 Å². The zero-order valence-corrected chi connectivity index (χ0v) is 17.6. The number of carbonyl (C=O) groups is 1. The SMILES string of the molecule is Cc1ccc2c(c1)OC(C)(C)C[C@H]2NC(=O)c1ccc(NS(C)(=O)=O)c(C)c1. The van der Waals surface area contributed by atoms with E-state index in [9.17, 15) is 13.2 Å². The van der Waals surface area contributed by atoms with Crippen molar-refractivity contribution in [3.63, 3.8) is 0 Å². The van der Waals surface area contributed by atoms with E-state index < -0.39 is 15.6 Å². The summed E-state index contributed by atoms with van der Waals surface area (Å²) in [6.07, 6.45) is 1.75. The summed E-state index contributed by atoms with van der Waals surface area (Å²) >= 11 is 0. The molecule has 2 aromatic carbocycles. The number of nitrogens with one attached hydrogen (secondary N) is 2. The van der Waals surface area contributed by atoms with E-state index >= 15 is 0 Å². The molecule has 0 radical (unpaired) electrons. The topological polar surface area (TPSA) is 84.5 Å². The van der Waals surface area contributed by atoms with Gasteiger partial charge in [-0.05, 0) is 63.1 Å². The lowest BCUT2D eigenvalue weighted by Gasteiger charge is -2.38. The zero-order chi connectivity index (χ0) is 20.7. The van der Waals surface area contributed by atoms with Crippen molar-refractivity contribution in [2.45, 2.75) is 45.8 Å². The van der Waals surface area contributed by atoms with Crippen LogP contribution >= 0.6 is 0 Å². The molecule has 0 unspecified atom stereocenters. The standard InChI is InChI=1S/C21H26N2O4S/c1-13-6-8-16-18(12-21(3,4)27-19(16)10-13)22-20(24)15-7-9-17(14(2)11-15)23-28(5,25)26/h6-11,18,23H,12H2,1-5H3,(H,22,24)/t18-/m1/s1. The van der Waals surface area contributed by atoms with E-state index in [1.54, 1.807) is 25.1 Å². The average molecular weight is 403 g/mol. The Morgan fingerprint density at radius 1 is 1.14 bits per heavy atom. The molecule has 0 spiro atoms. The third-order valence-corrected chi connectivity index (χ3v) is 5.31. The lowest BCUT2D eigenvalue weighted by atomic mass is 9.89. The van der Waals surface area contributed by atoms with Gasteiger partial charge in [0.2, 0.25) is 10.0 Å². The highest BCUT2D eigenvalue weighted by atomic mass is 32.2. The number of hydrogen-bond acceptors (Lipinski definition) is 4. The van der Waals surface area contributed by atoms with Crippen LogP contribution in [0.1, 0.15) is 53.4 Å². The summed E-state index contributed by atoms with van der Waals surface area (Å²) in [5, 5.41) is 3.10. The Kier molecular flexibility index (Phi) is 5.14. The van der Waals surface area contributed by atoms with Crippen molar-refractivity contribution < 1.29 is 17.9 Å². The molecule has 0 fully saturated rings. The van der Waals surface area contributed by atoms with Gasteiger partial charge >= 0.3 is 0 Å². The fourth-order valence-electron chi connectivity index (χ4n) is 3.45. The largest absolute Gasteiger partial charge is 0.487 e. The predicted molar refractivity (Wildman–Crippen MR) is 110 cm³/mol. The van der Waals surface area contributed by atoms with Crippen LogP contribution in [0.5, 0.6) is 5.75 Å². The molecule has 28 heavy (non-hydrogen) atoms. The Morgan fingerprint density at radius 3 is 2.50 bits per heavy atom. The van der Waals surface area contributed by atoms with Crippen molar-refractivity contribution in [1.29, 1.82) is 0 Å². The van der Waals surface area contributed by atoms with Crippen molar-refractivity contribution in [2.24, 2.45) is 0 Å². The number of aryl methyl sites for hydroxylation is 2. The van der Waals surface area contributed by atoms with Crippen molar-refractivity contribution in [2.75, 3.05) is 11.0 Å². The third kappa shape index (κ3) is 4.65. The van der Waals surface area contributed by atoms with E-state index in [2.05, 4.69) is 10.0 Å². The van der Waals surface area contributed by atoms with E-state index in [1.807, 2.05) is 39.0 Å². The molecule has 1 heterocycles. The van der Waals surface area contributed by atoms with Crippen molar-refractivity contribution in [3.05, 3.63) is 58.7 Å². The molecule has 0 saturated heterocycles. The number of anilines is 1. The number of rotatable bonds is 4. The fourth-order valence-corrected chi connectivity index (χ4v) is 4.08. The summed E-state index contributed by atoms with van der Waals surface area (Å²) in [4.78, 5) is 12.9. The van der Waals surface area contributed by atoms with Gasteiger partial charge in [0.05, 0.1) is 18.0 Å². The highest BCUT2D eigenvalue weighted by molar-refractivity contribution is 7.92. The van der Waals surface area contributed by atoms with Crippen LogP contribution < -0.4 is 14.8 Å². The lowest BCUT2D eigenvalue weighted by molar-refractivity contribution is 0.0619. The summed E-state index contributed by atoms with van der Waals surface area (Å²) in [6, 6.07) is 10.7. The van der Waals surface area contributed by atoms with Crippen molar-refractivity contribution in [1.82, 2.24) is 5.32 Å². The van der Waals surface area contributed by atoms with E-state index in [1.165, 1.54) is 0 Å². The quantitative estimate of drug-likeness (QED) is 0.817. The van der Waals surface area contributed by atoms with Gasteiger partial charge in [0.15, 0.2) is 0 Å². The molecule has 1 amide bonds. The monoisotopic (exact) mass is 402 g/mol. The summed E-state index contributed by atoms with van der Waals surface area (Å²) in [5.41, 5.74) is 3.30. The Labute approximate surface area is 166 Å². The molecule has 150 valence electrons. The molecule has 0 saturated carbocycles. The normalized spacial score (nSPS) is 18.0. The summed E-state index contributed by atoms with van der Waals surface area (Å²) < 4.78 is 31.4. The minimum Gasteiger partial charge on any atom is -0.487 e. The van der Waals surface area contributed by atoms with Gasteiger partial charge in [-0.1, -0.05) is 12.1 Å². The number of carbonyl (C=O) groups excluding carboxylic acids is 1. The molecule has 3 rings (SSSR count). The number of hydrogen-bond donors (Lipinski definition) is 2. The van der Waals surface area contributed by atoms with Gasteiger partial charge in [0.1, 0.15) is 11.4 Å². The van der Waals surface area contributed by atoms with Crippen LogP contribution in [0.15, 0.2) is 36.4 Å². The van der Waals surface area contributed by atoms with Gasteiger partial charge in [0, 0.05) is 17.5 Å². The summed E-state index contributed by atoms with van der Waals surface area (Å²) in [7, 11) is -3.37. The third-order valence-electron chi connectivity index (χ3n) is 4.72. The van der Waals surface area contributed by atoms with Crippen LogP contribution in [0.3, 0.4) is 0 Å². The minimum atomic E-state index is -3.37. The van der Waals surface area contributed by atoms with Crippen molar-refractivity contribution in [3.8, 4) is 5.75 Å². The van der Waals surface area contributed by atoms with Crippen molar-refractivity contribution >= 4 is 21.6 Å². The minimum absolute atomic E-state index is 0.166. The van der Waals surface area contributed by atoms with Gasteiger partial charge < -0.3 is 10.1 Å². The maximum atomic E-state index is 12.9. The van der Waals surface area contributed by atoms with Crippen LogP contribution in [-0.2, 0) is 10.0 Å². The highest BCUT2D eigenvalue weighted by Gasteiger charge is 2.34. The summed E-state index contributed by atoms with van der Waals surface area (Å²) in [5.74, 6) is 0.591. The molecule has 0 bridgehead atoms. The van der Waals surface area contributed by atoms with Crippen LogP contribution in [-0.4, -0.2) is 26.2 Å². The Bertz CT molecular complexity index is 1030. The lowest BCUT2D eigenvalue weighted by Crippen LogP contribution is -2.41. The molecule has 2 N–H and O–H groups in total. The number of ether oxygens (including phenoxy) is 1. The molecule has 2 aromatic rings. The van der Waals surface area contributed by atoms with Crippen LogP contribution in [0, 0.1) is 13.8 Å². The molecule has 1 aliphatic rings. The smallest absolute Gasteiger partial charge is 0.251 e. The second kappa shape index (κ2) is 7.13. The highest BCUT2D eigenvalue weighted by Crippen LogP contribution is 2.40. The molecule has 1 atom stereocenters. The number of amides is 1. The summed E-state index contributed by atoms with van der Waals surface area (Å²) in [6.45, 7) is 7.79. The molecule has 0 aromatic heterocycles. The average Bonchev–Trinajstić information content (AvgIpc) is 2.54. The van der Waals surface area contributed by atoms with Gasteiger partial charge in [0.25, 0.3) is 5.91 Å². The molecule has 7 heteroatoms. The Morgan fingerprint density at radius 2 is 1.86 bits per heavy atom.